The number of anilines is 1. The maximum Gasteiger partial charge on any atom is 0.339 e. The Kier molecular flexibility index (Phi) is 2.70. The summed E-state index contributed by atoms with van der Waals surface area (Å²) in [5.41, 5.74) is 6.57. The predicted molar refractivity (Wildman–Crippen MR) is 49.9 cm³/mol. The van der Waals surface area contributed by atoms with Gasteiger partial charge in [-0.15, -0.1) is 0 Å². The topological polar surface area (TPSA) is 52.3 Å². The van der Waals surface area contributed by atoms with E-state index >= 15 is 0 Å². The fraction of sp³-hybridized carbons (Fsp3) is 0.125. The van der Waals surface area contributed by atoms with Gasteiger partial charge in [-0.1, -0.05) is 0 Å². The summed E-state index contributed by atoms with van der Waals surface area (Å²) >= 11 is 3.21. The molecule has 0 saturated carbocycles. The molecule has 0 radical (unpaired) electrons. The van der Waals surface area contributed by atoms with Crippen LogP contribution in [0.15, 0.2) is 22.7 Å². The molecule has 0 aliphatic carbocycles. The van der Waals surface area contributed by atoms with E-state index in [1.807, 2.05) is 0 Å². The number of methoxy groups -OCH3 is 1. The average Bonchev–Trinajstić information content (AvgIpc) is 2.03. The maximum absolute atomic E-state index is 11.1. The van der Waals surface area contributed by atoms with Gasteiger partial charge in [0.1, 0.15) is 0 Å². The molecule has 64 valence electrons. The molecule has 0 unspecified atom stereocenters. The summed E-state index contributed by atoms with van der Waals surface area (Å²) in [5.74, 6) is -0.373. The van der Waals surface area contributed by atoms with Crippen LogP contribution >= 0.6 is 15.9 Å². The lowest BCUT2D eigenvalue weighted by Gasteiger charge is -2.02. The van der Waals surface area contributed by atoms with Gasteiger partial charge in [-0.05, 0) is 34.1 Å². The molecule has 1 rings (SSSR count). The van der Waals surface area contributed by atoms with Crippen LogP contribution < -0.4 is 5.73 Å². The van der Waals surface area contributed by atoms with Gasteiger partial charge in [0.2, 0.25) is 0 Å². The minimum atomic E-state index is -0.373. The van der Waals surface area contributed by atoms with Crippen molar-refractivity contribution in [2.75, 3.05) is 12.8 Å². The molecule has 1 aromatic rings. The van der Waals surface area contributed by atoms with Crippen molar-refractivity contribution in [1.82, 2.24) is 0 Å². The van der Waals surface area contributed by atoms with Crippen LogP contribution in [0.1, 0.15) is 10.4 Å². The van der Waals surface area contributed by atoms with E-state index in [0.29, 0.717) is 15.7 Å². The van der Waals surface area contributed by atoms with E-state index in [0.717, 1.165) is 0 Å². The Bertz CT molecular complexity index is 312. The van der Waals surface area contributed by atoms with Crippen LogP contribution in [0.3, 0.4) is 0 Å². The van der Waals surface area contributed by atoms with Crippen molar-refractivity contribution in [3.8, 4) is 0 Å². The molecule has 0 aliphatic heterocycles. The molecule has 1 aromatic carbocycles. The summed E-state index contributed by atoms with van der Waals surface area (Å²) in [4.78, 5) is 11.1. The van der Waals surface area contributed by atoms with E-state index in [2.05, 4.69) is 20.7 Å². The number of esters is 1. The van der Waals surface area contributed by atoms with E-state index in [1.165, 1.54) is 7.11 Å². The summed E-state index contributed by atoms with van der Waals surface area (Å²) in [6, 6.07) is 4.93. The lowest BCUT2D eigenvalue weighted by molar-refractivity contribution is 0.0600. The third-order valence-electron chi connectivity index (χ3n) is 1.40. The Morgan fingerprint density at radius 1 is 1.58 bits per heavy atom. The number of nitrogens with two attached hydrogens (primary N) is 1. The van der Waals surface area contributed by atoms with Gasteiger partial charge < -0.3 is 10.5 Å². The molecule has 3 nitrogen and oxygen atoms in total. The quantitative estimate of drug-likeness (QED) is 0.591. The summed E-state index contributed by atoms with van der Waals surface area (Å²) in [5, 5.41) is 0. The monoisotopic (exact) mass is 229 g/mol. The van der Waals surface area contributed by atoms with Crippen molar-refractivity contribution in [2.24, 2.45) is 0 Å². The van der Waals surface area contributed by atoms with Gasteiger partial charge in [-0.2, -0.15) is 0 Å². The highest BCUT2D eigenvalue weighted by Gasteiger charge is 2.08. The molecule has 0 heterocycles. The molecule has 0 amide bonds. The molecule has 0 fully saturated rings. The SMILES string of the molecule is COC(=O)c1ccc(N)cc1Br. The zero-order valence-corrected chi connectivity index (χ0v) is 8.09. The van der Waals surface area contributed by atoms with Gasteiger partial charge in [-0.25, -0.2) is 4.79 Å². The van der Waals surface area contributed by atoms with Crippen LogP contribution in [0.25, 0.3) is 0 Å². The van der Waals surface area contributed by atoms with Crippen molar-refractivity contribution in [3.05, 3.63) is 28.2 Å². The lowest BCUT2D eigenvalue weighted by Crippen LogP contribution is -2.02. The van der Waals surface area contributed by atoms with Crippen molar-refractivity contribution in [1.29, 1.82) is 0 Å². The molecular formula is C8H8BrNO2. The molecule has 0 aromatic heterocycles. The van der Waals surface area contributed by atoms with Crippen molar-refractivity contribution in [2.45, 2.75) is 0 Å². The highest BCUT2D eigenvalue weighted by molar-refractivity contribution is 9.10. The molecular weight excluding hydrogens is 222 g/mol. The Balaban J connectivity index is 3.09. The van der Waals surface area contributed by atoms with Gasteiger partial charge in [0.15, 0.2) is 0 Å². The molecule has 0 spiro atoms. The number of benzene rings is 1. The van der Waals surface area contributed by atoms with E-state index in [1.54, 1.807) is 18.2 Å². The summed E-state index contributed by atoms with van der Waals surface area (Å²) in [7, 11) is 1.34. The van der Waals surface area contributed by atoms with Crippen molar-refractivity contribution >= 4 is 27.6 Å². The number of hydrogen-bond donors (Lipinski definition) is 1. The molecule has 0 saturated heterocycles. The fourth-order valence-corrected chi connectivity index (χ4v) is 1.37. The number of hydrogen-bond acceptors (Lipinski definition) is 3. The normalized spacial score (nSPS) is 9.50. The van der Waals surface area contributed by atoms with Crippen LogP contribution in [0.2, 0.25) is 0 Å². The smallest absolute Gasteiger partial charge is 0.339 e. The molecule has 0 bridgehead atoms. The second-order valence-corrected chi connectivity index (χ2v) is 3.09. The molecule has 2 N–H and O–H groups in total. The van der Waals surface area contributed by atoms with Crippen LogP contribution in [0.5, 0.6) is 0 Å². The van der Waals surface area contributed by atoms with Gasteiger partial charge in [0, 0.05) is 10.2 Å². The number of carbonyl (C=O) groups excluding carboxylic acids is 1. The highest BCUT2D eigenvalue weighted by Crippen LogP contribution is 2.20. The first-order valence-corrected chi connectivity index (χ1v) is 4.08. The Morgan fingerprint density at radius 3 is 2.75 bits per heavy atom. The van der Waals surface area contributed by atoms with Crippen LogP contribution in [-0.2, 0) is 4.74 Å². The van der Waals surface area contributed by atoms with Gasteiger partial charge >= 0.3 is 5.97 Å². The van der Waals surface area contributed by atoms with Gasteiger partial charge in [-0.3, -0.25) is 0 Å². The minimum Gasteiger partial charge on any atom is -0.465 e. The number of ether oxygens (including phenoxy) is 1. The fourth-order valence-electron chi connectivity index (χ4n) is 0.807. The maximum atomic E-state index is 11.1. The second-order valence-electron chi connectivity index (χ2n) is 2.23. The van der Waals surface area contributed by atoms with Gasteiger partial charge in [0.25, 0.3) is 0 Å². The number of nitrogen functional groups attached to an aromatic ring is 1. The zero-order valence-electron chi connectivity index (χ0n) is 6.50. The number of carbonyl (C=O) groups is 1. The first-order valence-electron chi connectivity index (χ1n) is 3.28. The van der Waals surface area contributed by atoms with Crippen LogP contribution in [-0.4, -0.2) is 13.1 Å². The minimum absolute atomic E-state index is 0.373. The predicted octanol–water partition coefficient (Wildman–Crippen LogP) is 1.82. The first kappa shape index (κ1) is 9.06. The van der Waals surface area contributed by atoms with Crippen LogP contribution in [0, 0.1) is 0 Å². The van der Waals surface area contributed by atoms with E-state index in [4.69, 9.17) is 5.73 Å². The molecule has 0 aliphatic rings. The first-order chi connectivity index (χ1) is 5.65. The number of rotatable bonds is 1. The second kappa shape index (κ2) is 3.58. The third-order valence-corrected chi connectivity index (χ3v) is 2.05. The van der Waals surface area contributed by atoms with E-state index in [-0.39, 0.29) is 5.97 Å². The largest absolute Gasteiger partial charge is 0.465 e. The van der Waals surface area contributed by atoms with E-state index in [9.17, 15) is 4.79 Å². The molecule has 0 atom stereocenters. The Morgan fingerprint density at radius 2 is 2.25 bits per heavy atom. The summed E-state index contributed by atoms with van der Waals surface area (Å²) in [6.45, 7) is 0. The Labute approximate surface area is 78.6 Å². The third kappa shape index (κ3) is 1.76. The van der Waals surface area contributed by atoms with Crippen molar-refractivity contribution < 1.29 is 9.53 Å². The molecule has 12 heavy (non-hydrogen) atoms. The van der Waals surface area contributed by atoms with E-state index < -0.39 is 0 Å². The Hall–Kier alpha value is -1.03. The van der Waals surface area contributed by atoms with Crippen LogP contribution in [0.4, 0.5) is 5.69 Å². The molecule has 4 heteroatoms. The van der Waals surface area contributed by atoms with Crippen molar-refractivity contribution in [3.63, 3.8) is 0 Å². The summed E-state index contributed by atoms with van der Waals surface area (Å²) in [6.07, 6.45) is 0. The highest BCUT2D eigenvalue weighted by atomic mass is 79.9. The zero-order chi connectivity index (χ0) is 9.14. The summed E-state index contributed by atoms with van der Waals surface area (Å²) < 4.78 is 5.19. The van der Waals surface area contributed by atoms with Gasteiger partial charge in [0.05, 0.1) is 12.7 Å². The average molecular weight is 230 g/mol. The number of halogens is 1. The standard InChI is InChI=1S/C8H8BrNO2/c1-12-8(11)6-3-2-5(10)4-7(6)9/h2-4H,10H2,1H3. The lowest BCUT2D eigenvalue weighted by atomic mass is 10.2.